The highest BCUT2D eigenvalue weighted by Crippen LogP contribution is 2.11. The number of nitrogens with zero attached hydrogens (tertiary/aromatic N) is 1. The first-order valence-corrected chi connectivity index (χ1v) is 4.30. The second kappa shape index (κ2) is 4.77. The van der Waals surface area contributed by atoms with Crippen molar-refractivity contribution in [3.8, 4) is 0 Å². The van der Waals surface area contributed by atoms with E-state index in [-0.39, 0.29) is 6.61 Å². The molecule has 0 amide bonds. The number of likely N-dealkylation sites (tertiary alicyclic amines) is 1. The smallest absolute Gasteiger partial charge is 0.0897 e. The van der Waals surface area contributed by atoms with E-state index in [4.69, 9.17) is 14.9 Å². The topological polar surface area (TPSA) is 52.9 Å². The van der Waals surface area contributed by atoms with Gasteiger partial charge in [-0.05, 0) is 6.42 Å². The minimum Gasteiger partial charge on any atom is -0.394 e. The van der Waals surface area contributed by atoms with Crippen LogP contribution in [0.25, 0.3) is 0 Å². The second-order valence-corrected chi connectivity index (χ2v) is 3.24. The van der Waals surface area contributed by atoms with E-state index in [9.17, 15) is 0 Å². The van der Waals surface area contributed by atoms with Crippen LogP contribution in [0.2, 0.25) is 0 Å². The molecule has 1 saturated heterocycles. The second-order valence-electron chi connectivity index (χ2n) is 3.24. The first kappa shape index (κ1) is 9.92. The van der Waals surface area contributed by atoms with Crippen LogP contribution in [0.3, 0.4) is 0 Å². The zero-order valence-electron chi connectivity index (χ0n) is 7.44. The highest BCUT2D eigenvalue weighted by atomic mass is 16.5. The van der Waals surface area contributed by atoms with Crippen molar-refractivity contribution in [2.75, 3.05) is 33.4 Å². The molecule has 4 nitrogen and oxygen atoms in total. The van der Waals surface area contributed by atoms with Gasteiger partial charge in [-0.25, -0.2) is 0 Å². The van der Waals surface area contributed by atoms with E-state index in [2.05, 4.69) is 4.90 Å². The average Bonchev–Trinajstić information content (AvgIpc) is 2.52. The molecule has 1 aliphatic heterocycles. The Morgan fingerprint density at radius 1 is 1.67 bits per heavy atom. The van der Waals surface area contributed by atoms with Gasteiger partial charge in [0.2, 0.25) is 0 Å². The molecule has 1 fully saturated rings. The molecule has 1 heterocycles. The molecule has 0 bridgehead atoms. The largest absolute Gasteiger partial charge is 0.394 e. The Balaban J connectivity index is 2.18. The average molecular weight is 175 g/mol. The van der Waals surface area contributed by atoms with Gasteiger partial charge in [0, 0.05) is 26.7 Å². The molecule has 1 rings (SSSR count). The third-order valence-electron chi connectivity index (χ3n) is 2.24. The molecular formula is C8H17NO3. The van der Waals surface area contributed by atoms with Crippen LogP contribution in [0.15, 0.2) is 0 Å². The minimum absolute atomic E-state index is 0.159. The van der Waals surface area contributed by atoms with Crippen LogP contribution in [0.4, 0.5) is 0 Å². The summed E-state index contributed by atoms with van der Waals surface area (Å²) >= 11 is 0. The van der Waals surface area contributed by atoms with Crippen LogP contribution in [0.1, 0.15) is 6.42 Å². The summed E-state index contributed by atoms with van der Waals surface area (Å²) in [6, 6.07) is 0. The Hall–Kier alpha value is -0.160. The molecule has 2 N–H and O–H groups in total. The molecule has 12 heavy (non-hydrogen) atoms. The van der Waals surface area contributed by atoms with Crippen LogP contribution >= 0.6 is 0 Å². The number of aliphatic hydroxyl groups is 2. The van der Waals surface area contributed by atoms with Crippen molar-refractivity contribution in [2.45, 2.75) is 18.6 Å². The van der Waals surface area contributed by atoms with Gasteiger partial charge >= 0.3 is 0 Å². The predicted molar refractivity (Wildman–Crippen MR) is 44.9 cm³/mol. The monoisotopic (exact) mass is 175 g/mol. The molecular weight excluding hydrogens is 158 g/mol. The maximum absolute atomic E-state index is 9.14. The summed E-state index contributed by atoms with van der Waals surface area (Å²) in [5, 5.41) is 17.8. The van der Waals surface area contributed by atoms with Crippen molar-refractivity contribution in [3.05, 3.63) is 0 Å². The van der Waals surface area contributed by atoms with Crippen LogP contribution < -0.4 is 0 Å². The van der Waals surface area contributed by atoms with Crippen molar-refractivity contribution in [2.24, 2.45) is 0 Å². The van der Waals surface area contributed by atoms with Gasteiger partial charge in [-0.15, -0.1) is 0 Å². The molecule has 1 aliphatic rings. The number of β-amino-alcohol motifs (C(OH)–C–C–N with tert-alkyl or cyclic N) is 1. The fourth-order valence-electron chi connectivity index (χ4n) is 1.51. The van der Waals surface area contributed by atoms with E-state index in [1.807, 2.05) is 0 Å². The molecule has 0 aliphatic carbocycles. The summed E-state index contributed by atoms with van der Waals surface area (Å²) in [6.07, 6.45) is 0.714. The van der Waals surface area contributed by atoms with E-state index in [0.717, 1.165) is 19.5 Å². The molecule has 0 aromatic rings. The Labute approximate surface area is 72.7 Å². The van der Waals surface area contributed by atoms with Gasteiger partial charge in [0.15, 0.2) is 0 Å². The standard InChI is InChI=1S/C8H17NO3/c1-12-8-2-3-9(5-8)4-7(11)6-10/h7-8,10-11H,2-6H2,1H3. The van der Waals surface area contributed by atoms with Crippen LogP contribution in [-0.4, -0.2) is 60.7 Å². The van der Waals surface area contributed by atoms with E-state index in [1.54, 1.807) is 7.11 Å². The van der Waals surface area contributed by atoms with Gasteiger partial charge in [-0.3, -0.25) is 4.90 Å². The van der Waals surface area contributed by atoms with Crippen molar-refractivity contribution in [1.82, 2.24) is 4.90 Å². The normalized spacial score (nSPS) is 27.8. The number of hydrogen-bond donors (Lipinski definition) is 2. The maximum Gasteiger partial charge on any atom is 0.0897 e. The highest BCUT2D eigenvalue weighted by molar-refractivity contribution is 4.77. The molecule has 2 atom stereocenters. The highest BCUT2D eigenvalue weighted by Gasteiger charge is 2.23. The van der Waals surface area contributed by atoms with Gasteiger partial charge in [0.1, 0.15) is 0 Å². The van der Waals surface area contributed by atoms with E-state index < -0.39 is 6.10 Å². The summed E-state index contributed by atoms with van der Waals surface area (Å²) in [5.74, 6) is 0. The van der Waals surface area contributed by atoms with Crippen LogP contribution in [-0.2, 0) is 4.74 Å². The molecule has 72 valence electrons. The molecule has 4 heteroatoms. The van der Waals surface area contributed by atoms with E-state index in [0.29, 0.717) is 12.6 Å². The van der Waals surface area contributed by atoms with Crippen LogP contribution in [0.5, 0.6) is 0 Å². The fraction of sp³-hybridized carbons (Fsp3) is 1.00. The Kier molecular flexibility index (Phi) is 3.94. The molecule has 0 radical (unpaired) electrons. The van der Waals surface area contributed by atoms with E-state index in [1.165, 1.54) is 0 Å². The lowest BCUT2D eigenvalue weighted by atomic mass is 10.3. The molecule has 0 saturated carbocycles. The Bertz CT molecular complexity index is 131. The summed E-state index contributed by atoms with van der Waals surface area (Å²) in [5.41, 5.74) is 0. The van der Waals surface area contributed by atoms with Gasteiger partial charge in [-0.1, -0.05) is 0 Å². The third kappa shape index (κ3) is 2.71. The Morgan fingerprint density at radius 2 is 2.42 bits per heavy atom. The van der Waals surface area contributed by atoms with Gasteiger partial charge in [0.05, 0.1) is 18.8 Å². The number of aliphatic hydroxyl groups excluding tert-OH is 2. The fourth-order valence-corrected chi connectivity index (χ4v) is 1.51. The predicted octanol–water partition coefficient (Wildman–Crippen LogP) is -0.940. The first-order valence-electron chi connectivity index (χ1n) is 4.30. The number of hydrogen-bond acceptors (Lipinski definition) is 4. The number of rotatable bonds is 4. The lowest BCUT2D eigenvalue weighted by molar-refractivity contribution is 0.0567. The van der Waals surface area contributed by atoms with Crippen molar-refractivity contribution in [1.29, 1.82) is 0 Å². The van der Waals surface area contributed by atoms with Crippen molar-refractivity contribution >= 4 is 0 Å². The lowest BCUT2D eigenvalue weighted by Crippen LogP contribution is -2.33. The van der Waals surface area contributed by atoms with E-state index >= 15 is 0 Å². The van der Waals surface area contributed by atoms with Crippen molar-refractivity contribution < 1.29 is 14.9 Å². The molecule has 0 aromatic carbocycles. The number of ether oxygens (including phenoxy) is 1. The minimum atomic E-state index is -0.611. The molecule has 2 unspecified atom stereocenters. The van der Waals surface area contributed by atoms with Gasteiger partial charge in [0.25, 0.3) is 0 Å². The zero-order valence-corrected chi connectivity index (χ0v) is 7.44. The molecule has 0 aromatic heterocycles. The summed E-state index contributed by atoms with van der Waals surface area (Å²) in [4.78, 5) is 2.11. The quantitative estimate of drug-likeness (QED) is 0.579. The summed E-state index contributed by atoms with van der Waals surface area (Å²) in [6.45, 7) is 2.22. The zero-order chi connectivity index (χ0) is 8.97. The van der Waals surface area contributed by atoms with Gasteiger partial charge < -0.3 is 14.9 Å². The first-order chi connectivity index (χ1) is 5.76. The number of methoxy groups -OCH3 is 1. The summed E-state index contributed by atoms with van der Waals surface area (Å²) < 4.78 is 5.17. The van der Waals surface area contributed by atoms with Crippen LogP contribution in [0, 0.1) is 0 Å². The SMILES string of the molecule is COC1CCN(CC(O)CO)C1. The molecule has 0 spiro atoms. The summed E-state index contributed by atoms with van der Waals surface area (Å²) in [7, 11) is 1.70. The Morgan fingerprint density at radius 3 is 2.92 bits per heavy atom. The lowest BCUT2D eigenvalue weighted by Gasteiger charge is -2.18. The maximum atomic E-state index is 9.14. The van der Waals surface area contributed by atoms with Crippen molar-refractivity contribution in [3.63, 3.8) is 0 Å². The van der Waals surface area contributed by atoms with Gasteiger partial charge in [-0.2, -0.15) is 0 Å². The third-order valence-corrected chi connectivity index (χ3v) is 2.24.